The number of benzene rings is 2. The Labute approximate surface area is 199 Å². The quantitative estimate of drug-likeness (QED) is 0.395. The smallest absolute Gasteiger partial charge is 0.234 e. The molecule has 0 bridgehead atoms. The van der Waals surface area contributed by atoms with Crippen molar-refractivity contribution in [2.24, 2.45) is 0 Å². The van der Waals surface area contributed by atoms with Gasteiger partial charge >= 0.3 is 0 Å². The van der Waals surface area contributed by atoms with Crippen LogP contribution < -0.4 is 15.4 Å². The van der Waals surface area contributed by atoms with Crippen LogP contribution in [0.4, 0.5) is 11.4 Å². The summed E-state index contributed by atoms with van der Waals surface area (Å²) in [5.41, 5.74) is 2.01. The Kier molecular flexibility index (Phi) is 8.29. The molecule has 3 rings (SSSR count). The average Bonchev–Trinajstić information content (AvgIpc) is 3.20. The molecule has 0 radical (unpaired) electrons. The maximum atomic E-state index is 12.5. The lowest BCUT2D eigenvalue weighted by atomic mass is 10.2. The highest BCUT2D eigenvalue weighted by Gasteiger charge is 2.16. The van der Waals surface area contributed by atoms with Crippen molar-refractivity contribution in [2.45, 2.75) is 32.0 Å². The minimum Gasteiger partial charge on any atom is -0.495 e. The highest BCUT2D eigenvalue weighted by Crippen LogP contribution is 2.30. The van der Waals surface area contributed by atoms with E-state index >= 15 is 0 Å². The number of carbonyl (C=O) groups excluding carboxylic acids is 2. The second-order valence-electron chi connectivity index (χ2n) is 6.68. The number of carbonyl (C=O) groups is 2. The van der Waals surface area contributed by atoms with Gasteiger partial charge in [-0.2, -0.15) is 0 Å². The van der Waals surface area contributed by atoms with Gasteiger partial charge in [0, 0.05) is 28.7 Å². The Morgan fingerprint density at radius 3 is 2.56 bits per heavy atom. The van der Waals surface area contributed by atoms with Gasteiger partial charge in [0.25, 0.3) is 0 Å². The van der Waals surface area contributed by atoms with Crippen LogP contribution in [0.3, 0.4) is 0 Å². The van der Waals surface area contributed by atoms with Crippen molar-refractivity contribution < 1.29 is 14.3 Å². The van der Waals surface area contributed by atoms with Gasteiger partial charge in [-0.15, -0.1) is 10.2 Å². The number of methoxy groups -OCH3 is 1. The van der Waals surface area contributed by atoms with E-state index in [0.29, 0.717) is 35.2 Å². The van der Waals surface area contributed by atoms with Crippen molar-refractivity contribution in [1.82, 2.24) is 14.8 Å². The molecule has 0 spiro atoms. The fraction of sp³-hybridized carbons (Fsp3) is 0.273. The van der Waals surface area contributed by atoms with Crippen LogP contribution in [0.15, 0.2) is 52.1 Å². The molecule has 0 saturated heterocycles. The third-order valence-corrected chi connectivity index (χ3v) is 6.22. The van der Waals surface area contributed by atoms with Crippen LogP contribution in [0.5, 0.6) is 5.75 Å². The summed E-state index contributed by atoms with van der Waals surface area (Å²) in [7, 11) is 1.53. The molecule has 0 fully saturated rings. The molecule has 1 heterocycles. The second-order valence-corrected chi connectivity index (χ2v) is 8.48. The molecule has 0 atom stereocenters. The number of nitrogens with one attached hydrogen (secondary N) is 2. The summed E-state index contributed by atoms with van der Waals surface area (Å²) >= 11 is 4.87. The van der Waals surface area contributed by atoms with E-state index in [4.69, 9.17) is 4.74 Å². The van der Waals surface area contributed by atoms with Crippen molar-refractivity contribution >= 4 is 50.9 Å². The summed E-state index contributed by atoms with van der Waals surface area (Å²) in [6.07, 6.45) is 0.343. The molecular weight excluding hydrogens is 494 g/mol. The first-order valence-electron chi connectivity index (χ1n) is 10.0. The van der Waals surface area contributed by atoms with E-state index in [0.717, 1.165) is 15.9 Å². The van der Waals surface area contributed by atoms with E-state index in [1.54, 1.807) is 25.1 Å². The fourth-order valence-corrected chi connectivity index (χ4v) is 4.24. The molecule has 0 aliphatic heterocycles. The molecule has 3 aromatic rings. The van der Waals surface area contributed by atoms with Gasteiger partial charge in [-0.25, -0.2) is 0 Å². The number of rotatable bonds is 9. The third kappa shape index (κ3) is 5.68. The van der Waals surface area contributed by atoms with Gasteiger partial charge in [-0.3, -0.25) is 9.59 Å². The fourth-order valence-electron chi connectivity index (χ4n) is 2.97. The Morgan fingerprint density at radius 2 is 1.88 bits per heavy atom. The Morgan fingerprint density at radius 1 is 1.09 bits per heavy atom. The molecule has 1 aromatic heterocycles. The SMILES string of the molecule is CCC(=O)Nc1cc(NC(=O)CSc2nnc(-c3ccccc3Br)n2CC)ccc1OC. The van der Waals surface area contributed by atoms with Crippen LogP contribution in [0, 0.1) is 0 Å². The lowest BCUT2D eigenvalue weighted by molar-refractivity contribution is -0.116. The third-order valence-electron chi connectivity index (χ3n) is 4.56. The maximum absolute atomic E-state index is 12.5. The van der Waals surface area contributed by atoms with Gasteiger partial charge in [0.15, 0.2) is 11.0 Å². The molecule has 0 unspecified atom stereocenters. The molecule has 168 valence electrons. The van der Waals surface area contributed by atoms with Crippen LogP contribution in [0.2, 0.25) is 0 Å². The number of anilines is 2. The highest BCUT2D eigenvalue weighted by molar-refractivity contribution is 9.10. The largest absolute Gasteiger partial charge is 0.495 e. The topological polar surface area (TPSA) is 98.1 Å². The zero-order chi connectivity index (χ0) is 23.1. The van der Waals surface area contributed by atoms with Crippen molar-refractivity contribution in [3.63, 3.8) is 0 Å². The lowest BCUT2D eigenvalue weighted by Crippen LogP contribution is -2.15. The number of thioether (sulfide) groups is 1. The second kappa shape index (κ2) is 11.1. The van der Waals surface area contributed by atoms with Crippen molar-refractivity contribution in [1.29, 1.82) is 0 Å². The van der Waals surface area contributed by atoms with E-state index in [2.05, 4.69) is 36.8 Å². The van der Waals surface area contributed by atoms with E-state index in [1.165, 1.54) is 18.9 Å². The number of nitrogens with zero attached hydrogens (tertiary/aromatic N) is 3. The maximum Gasteiger partial charge on any atom is 0.234 e. The number of hydrogen-bond donors (Lipinski definition) is 2. The minimum atomic E-state index is -0.193. The number of amides is 2. The van der Waals surface area contributed by atoms with Crippen LogP contribution in [-0.2, 0) is 16.1 Å². The van der Waals surface area contributed by atoms with Crippen LogP contribution >= 0.6 is 27.7 Å². The zero-order valence-electron chi connectivity index (χ0n) is 18.0. The predicted octanol–water partition coefficient (Wildman–Crippen LogP) is 4.82. The van der Waals surface area contributed by atoms with Crippen LogP contribution in [-0.4, -0.2) is 39.4 Å². The van der Waals surface area contributed by atoms with Gasteiger partial charge in [-0.1, -0.05) is 52.8 Å². The molecule has 32 heavy (non-hydrogen) atoms. The predicted molar refractivity (Wildman–Crippen MR) is 130 cm³/mol. The molecule has 0 aliphatic rings. The molecule has 2 amide bonds. The van der Waals surface area contributed by atoms with E-state index in [9.17, 15) is 9.59 Å². The average molecular weight is 518 g/mol. The van der Waals surface area contributed by atoms with Crippen molar-refractivity contribution in [3.8, 4) is 17.1 Å². The summed E-state index contributed by atoms with van der Waals surface area (Å²) in [5, 5.41) is 14.9. The van der Waals surface area contributed by atoms with Crippen LogP contribution in [0.1, 0.15) is 20.3 Å². The molecule has 8 nitrogen and oxygen atoms in total. The van der Waals surface area contributed by atoms with Crippen molar-refractivity contribution in [3.05, 3.63) is 46.9 Å². The van der Waals surface area contributed by atoms with Crippen molar-refractivity contribution in [2.75, 3.05) is 23.5 Å². The molecule has 0 saturated carbocycles. The number of hydrogen-bond acceptors (Lipinski definition) is 6. The minimum absolute atomic E-state index is 0.137. The van der Waals surface area contributed by atoms with Gasteiger partial charge in [-0.05, 0) is 31.2 Å². The van der Waals surface area contributed by atoms with Gasteiger partial charge in [0.05, 0.1) is 18.6 Å². The molecule has 2 aromatic carbocycles. The van der Waals surface area contributed by atoms with Crippen LogP contribution in [0.25, 0.3) is 11.4 Å². The first kappa shape index (κ1) is 23.8. The summed E-state index contributed by atoms with van der Waals surface area (Å²) in [6, 6.07) is 12.9. The van der Waals surface area contributed by atoms with E-state index < -0.39 is 0 Å². The van der Waals surface area contributed by atoms with E-state index in [1.807, 2.05) is 35.8 Å². The molecule has 10 heteroatoms. The molecular formula is C22H24BrN5O3S. The number of halogens is 1. The summed E-state index contributed by atoms with van der Waals surface area (Å²) < 4.78 is 8.18. The summed E-state index contributed by atoms with van der Waals surface area (Å²) in [5.74, 6) is 1.10. The lowest BCUT2D eigenvalue weighted by Gasteiger charge is -2.12. The van der Waals surface area contributed by atoms with Gasteiger partial charge in [0.1, 0.15) is 5.75 Å². The Balaban J connectivity index is 1.69. The number of ether oxygens (including phenoxy) is 1. The monoisotopic (exact) mass is 517 g/mol. The molecule has 2 N–H and O–H groups in total. The zero-order valence-corrected chi connectivity index (χ0v) is 20.4. The number of aromatic nitrogens is 3. The van der Waals surface area contributed by atoms with Gasteiger partial charge in [0.2, 0.25) is 11.8 Å². The first-order valence-corrected chi connectivity index (χ1v) is 11.8. The van der Waals surface area contributed by atoms with E-state index in [-0.39, 0.29) is 17.6 Å². The Hall–Kier alpha value is -2.85. The highest BCUT2D eigenvalue weighted by atomic mass is 79.9. The normalized spacial score (nSPS) is 10.6. The Bertz CT molecular complexity index is 1120. The first-order chi connectivity index (χ1) is 15.5. The molecule has 0 aliphatic carbocycles. The standard InChI is InChI=1S/C22H24BrN5O3S/c1-4-19(29)25-17-12-14(10-11-18(17)31-3)24-20(30)13-32-22-27-26-21(28(22)5-2)15-8-6-7-9-16(15)23/h6-12H,4-5,13H2,1-3H3,(H,24,30)(H,25,29). The summed E-state index contributed by atoms with van der Waals surface area (Å²) in [4.78, 5) is 24.3. The summed E-state index contributed by atoms with van der Waals surface area (Å²) in [6.45, 7) is 4.45. The van der Waals surface area contributed by atoms with Gasteiger partial charge < -0.3 is 19.9 Å².